The van der Waals surface area contributed by atoms with Crippen LogP contribution in [0.15, 0.2) is 24.3 Å². The van der Waals surface area contributed by atoms with E-state index in [1.54, 1.807) is 24.3 Å². The molecule has 6 heteroatoms. The van der Waals surface area contributed by atoms with Crippen LogP contribution in [0.1, 0.15) is 38.1 Å². The van der Waals surface area contributed by atoms with Gasteiger partial charge < -0.3 is 20.1 Å². The number of rotatable bonds is 5. The molecule has 0 fully saturated rings. The second kappa shape index (κ2) is 7.68. The summed E-state index contributed by atoms with van der Waals surface area (Å²) in [6, 6.07) is 6.95. The fourth-order valence-corrected chi connectivity index (χ4v) is 1.71. The molecule has 0 aliphatic heterocycles. The predicted molar refractivity (Wildman–Crippen MR) is 85.1 cm³/mol. The Hall–Kier alpha value is -2.24. The molecule has 0 bridgehead atoms. The number of alkyl carbamates (subject to hydrolysis) is 1. The van der Waals surface area contributed by atoms with Gasteiger partial charge in [-0.15, -0.1) is 0 Å². The maximum absolute atomic E-state index is 11.6. The molecular formula is C16H24N2O4. The zero-order valence-corrected chi connectivity index (χ0v) is 13.7. The van der Waals surface area contributed by atoms with Gasteiger partial charge in [0.05, 0.1) is 12.7 Å². The number of methoxy groups -OCH3 is 1. The highest BCUT2D eigenvalue weighted by Crippen LogP contribution is 2.11. The van der Waals surface area contributed by atoms with E-state index in [2.05, 4.69) is 15.4 Å². The SMILES string of the molecule is COC(=O)c1ccc(NC(C)CNC(=O)OC(C)(C)C)cc1. The van der Waals surface area contributed by atoms with Crippen molar-refractivity contribution in [3.63, 3.8) is 0 Å². The van der Waals surface area contributed by atoms with Gasteiger partial charge in [0.1, 0.15) is 5.60 Å². The van der Waals surface area contributed by atoms with E-state index in [-0.39, 0.29) is 12.0 Å². The maximum Gasteiger partial charge on any atom is 0.407 e. The molecule has 2 N–H and O–H groups in total. The summed E-state index contributed by atoms with van der Waals surface area (Å²) in [5.74, 6) is -0.369. The largest absolute Gasteiger partial charge is 0.465 e. The quantitative estimate of drug-likeness (QED) is 0.818. The summed E-state index contributed by atoms with van der Waals surface area (Å²) in [4.78, 5) is 22.9. The van der Waals surface area contributed by atoms with Crippen LogP contribution in [0, 0.1) is 0 Å². The topological polar surface area (TPSA) is 76.7 Å². The van der Waals surface area contributed by atoms with E-state index in [1.165, 1.54) is 7.11 Å². The van der Waals surface area contributed by atoms with E-state index in [1.807, 2.05) is 27.7 Å². The van der Waals surface area contributed by atoms with Gasteiger partial charge in [0, 0.05) is 18.3 Å². The van der Waals surface area contributed by atoms with Gasteiger partial charge in [-0.25, -0.2) is 9.59 Å². The molecule has 1 unspecified atom stereocenters. The molecule has 0 aliphatic rings. The fraction of sp³-hybridized carbons (Fsp3) is 0.500. The Morgan fingerprint density at radius 3 is 2.27 bits per heavy atom. The highest BCUT2D eigenvalue weighted by atomic mass is 16.6. The minimum absolute atomic E-state index is 0.0106. The molecule has 122 valence electrons. The van der Waals surface area contributed by atoms with Gasteiger partial charge in [-0.3, -0.25) is 0 Å². The van der Waals surface area contributed by atoms with Crippen LogP contribution in [-0.2, 0) is 9.47 Å². The summed E-state index contributed by atoms with van der Waals surface area (Å²) in [6.07, 6.45) is -0.442. The molecule has 0 spiro atoms. The number of carbonyl (C=O) groups excluding carboxylic acids is 2. The van der Waals surface area contributed by atoms with Crippen molar-refractivity contribution in [3.8, 4) is 0 Å². The number of hydrogen-bond donors (Lipinski definition) is 2. The monoisotopic (exact) mass is 308 g/mol. The first kappa shape index (κ1) is 17.8. The second-order valence-electron chi connectivity index (χ2n) is 6.00. The number of amides is 1. The molecule has 0 saturated carbocycles. The third-order valence-electron chi connectivity index (χ3n) is 2.67. The summed E-state index contributed by atoms with van der Waals surface area (Å²) in [6.45, 7) is 7.81. The van der Waals surface area contributed by atoms with Crippen molar-refractivity contribution in [1.29, 1.82) is 0 Å². The van der Waals surface area contributed by atoms with Crippen molar-refractivity contribution in [2.75, 3.05) is 19.0 Å². The predicted octanol–water partition coefficient (Wildman–Crippen LogP) is 2.80. The van der Waals surface area contributed by atoms with Crippen LogP contribution in [0.3, 0.4) is 0 Å². The molecule has 0 saturated heterocycles. The number of hydrogen-bond acceptors (Lipinski definition) is 5. The zero-order chi connectivity index (χ0) is 16.8. The first-order chi connectivity index (χ1) is 10.2. The Balaban J connectivity index is 2.43. The molecule has 1 atom stereocenters. The highest BCUT2D eigenvalue weighted by molar-refractivity contribution is 5.89. The molecular weight excluding hydrogens is 284 g/mol. The lowest BCUT2D eigenvalue weighted by molar-refractivity contribution is 0.0525. The van der Waals surface area contributed by atoms with Crippen LogP contribution in [0.2, 0.25) is 0 Å². The van der Waals surface area contributed by atoms with Crippen molar-refractivity contribution >= 4 is 17.7 Å². The average molecular weight is 308 g/mol. The summed E-state index contributed by atoms with van der Waals surface area (Å²) < 4.78 is 9.80. The highest BCUT2D eigenvalue weighted by Gasteiger charge is 2.16. The van der Waals surface area contributed by atoms with Gasteiger partial charge in [-0.1, -0.05) is 0 Å². The molecule has 0 aromatic heterocycles. The Labute approximate surface area is 131 Å². The summed E-state index contributed by atoms with van der Waals surface area (Å²) >= 11 is 0. The number of nitrogens with one attached hydrogen (secondary N) is 2. The van der Waals surface area contributed by atoms with E-state index in [4.69, 9.17) is 4.74 Å². The molecule has 1 aromatic rings. The molecule has 1 aromatic carbocycles. The number of esters is 1. The molecule has 22 heavy (non-hydrogen) atoms. The van der Waals surface area contributed by atoms with Crippen molar-refractivity contribution in [1.82, 2.24) is 5.32 Å². The first-order valence-electron chi connectivity index (χ1n) is 7.13. The molecule has 0 heterocycles. The molecule has 1 amide bonds. The smallest absolute Gasteiger partial charge is 0.407 e. The van der Waals surface area contributed by atoms with Crippen molar-refractivity contribution in [2.24, 2.45) is 0 Å². The van der Waals surface area contributed by atoms with E-state index in [0.29, 0.717) is 12.1 Å². The van der Waals surface area contributed by atoms with Crippen LogP contribution in [-0.4, -0.2) is 37.4 Å². The van der Waals surface area contributed by atoms with Crippen molar-refractivity contribution in [2.45, 2.75) is 39.3 Å². The van der Waals surface area contributed by atoms with Crippen molar-refractivity contribution in [3.05, 3.63) is 29.8 Å². The summed E-state index contributed by atoms with van der Waals surface area (Å²) in [5.41, 5.74) is 0.837. The lowest BCUT2D eigenvalue weighted by Gasteiger charge is -2.21. The van der Waals surface area contributed by atoms with Crippen LogP contribution >= 0.6 is 0 Å². The fourth-order valence-electron chi connectivity index (χ4n) is 1.71. The molecule has 0 radical (unpaired) electrons. The minimum atomic E-state index is -0.509. The van der Waals surface area contributed by atoms with Gasteiger partial charge >= 0.3 is 12.1 Å². The summed E-state index contributed by atoms with van der Waals surface area (Å²) in [5, 5.41) is 5.92. The minimum Gasteiger partial charge on any atom is -0.465 e. The lowest BCUT2D eigenvalue weighted by Crippen LogP contribution is -2.38. The molecule has 0 aliphatic carbocycles. The molecule has 1 rings (SSSR count). The van der Waals surface area contributed by atoms with E-state index in [9.17, 15) is 9.59 Å². The van der Waals surface area contributed by atoms with Gasteiger partial charge in [0.2, 0.25) is 0 Å². The number of carbonyl (C=O) groups is 2. The first-order valence-corrected chi connectivity index (χ1v) is 7.13. The van der Waals surface area contributed by atoms with E-state index < -0.39 is 11.7 Å². The Morgan fingerprint density at radius 1 is 1.18 bits per heavy atom. The standard InChI is InChI=1S/C16H24N2O4/c1-11(10-17-15(20)22-16(2,3)4)18-13-8-6-12(7-9-13)14(19)21-5/h6-9,11,18H,10H2,1-5H3,(H,17,20). The Morgan fingerprint density at radius 2 is 1.77 bits per heavy atom. The number of ether oxygens (including phenoxy) is 2. The number of anilines is 1. The zero-order valence-electron chi connectivity index (χ0n) is 13.7. The number of benzene rings is 1. The normalized spacial score (nSPS) is 12.2. The molecule has 6 nitrogen and oxygen atoms in total. The van der Waals surface area contributed by atoms with Crippen LogP contribution in [0.25, 0.3) is 0 Å². The Bertz CT molecular complexity index is 506. The maximum atomic E-state index is 11.6. The van der Waals surface area contributed by atoms with E-state index >= 15 is 0 Å². The summed E-state index contributed by atoms with van der Waals surface area (Å²) in [7, 11) is 1.35. The van der Waals surface area contributed by atoms with Gasteiger partial charge in [-0.05, 0) is 52.0 Å². The van der Waals surface area contributed by atoms with Crippen LogP contribution in [0.4, 0.5) is 10.5 Å². The third-order valence-corrected chi connectivity index (χ3v) is 2.67. The third kappa shape index (κ3) is 6.47. The van der Waals surface area contributed by atoms with Crippen LogP contribution in [0.5, 0.6) is 0 Å². The van der Waals surface area contributed by atoms with Crippen LogP contribution < -0.4 is 10.6 Å². The average Bonchev–Trinajstić information content (AvgIpc) is 2.43. The van der Waals surface area contributed by atoms with Crippen molar-refractivity contribution < 1.29 is 19.1 Å². The lowest BCUT2D eigenvalue weighted by atomic mass is 10.2. The van der Waals surface area contributed by atoms with Gasteiger partial charge in [0.15, 0.2) is 0 Å². The Kier molecular flexibility index (Phi) is 6.22. The van der Waals surface area contributed by atoms with Gasteiger partial charge in [-0.2, -0.15) is 0 Å². The second-order valence-corrected chi connectivity index (χ2v) is 6.00. The van der Waals surface area contributed by atoms with E-state index in [0.717, 1.165) is 5.69 Å². The van der Waals surface area contributed by atoms with Gasteiger partial charge in [0.25, 0.3) is 0 Å².